The molecule has 1 aromatic heterocycles. The van der Waals surface area contributed by atoms with E-state index in [1.807, 2.05) is 24.4 Å². The van der Waals surface area contributed by atoms with Gasteiger partial charge in [0.05, 0.1) is 24.8 Å². The third-order valence-corrected chi connectivity index (χ3v) is 5.39. The first kappa shape index (κ1) is 20.1. The van der Waals surface area contributed by atoms with E-state index in [4.69, 9.17) is 9.47 Å². The van der Waals surface area contributed by atoms with Crippen molar-refractivity contribution < 1.29 is 24.2 Å². The number of hydrogen-bond acceptors (Lipinski definition) is 6. The van der Waals surface area contributed by atoms with E-state index in [1.165, 1.54) is 16.2 Å². The van der Waals surface area contributed by atoms with Crippen molar-refractivity contribution in [1.82, 2.24) is 4.90 Å². The number of methoxy groups -OCH3 is 1. The van der Waals surface area contributed by atoms with Gasteiger partial charge in [-0.05, 0) is 30.0 Å². The Morgan fingerprint density at radius 3 is 2.71 bits per heavy atom. The van der Waals surface area contributed by atoms with Gasteiger partial charge in [0.15, 0.2) is 0 Å². The Bertz CT molecular complexity index is 875. The minimum absolute atomic E-state index is 0.0937. The number of ketones is 1. The summed E-state index contributed by atoms with van der Waals surface area (Å²) in [4.78, 5) is 27.7. The van der Waals surface area contributed by atoms with E-state index in [2.05, 4.69) is 0 Å². The molecule has 1 aliphatic rings. The van der Waals surface area contributed by atoms with Gasteiger partial charge in [0.25, 0.3) is 11.7 Å². The van der Waals surface area contributed by atoms with Gasteiger partial charge in [0.1, 0.15) is 11.5 Å². The zero-order valence-corrected chi connectivity index (χ0v) is 16.7. The molecule has 3 rings (SSSR count). The molecule has 0 unspecified atom stereocenters. The Balaban J connectivity index is 2.06. The molecule has 1 atom stereocenters. The third-order valence-electron chi connectivity index (χ3n) is 4.47. The number of Topliss-reactive ketones (excluding diaryl/α,β-unsaturated/α-hetero) is 1. The van der Waals surface area contributed by atoms with E-state index < -0.39 is 17.7 Å². The summed E-state index contributed by atoms with van der Waals surface area (Å²) < 4.78 is 10.7. The Morgan fingerprint density at radius 1 is 1.21 bits per heavy atom. The average molecular weight is 401 g/mol. The van der Waals surface area contributed by atoms with Gasteiger partial charge in [-0.2, -0.15) is 0 Å². The van der Waals surface area contributed by atoms with Gasteiger partial charge in [0.2, 0.25) is 0 Å². The zero-order chi connectivity index (χ0) is 20.1. The van der Waals surface area contributed by atoms with Crippen LogP contribution in [0.25, 0.3) is 5.76 Å². The van der Waals surface area contributed by atoms with E-state index in [0.29, 0.717) is 24.5 Å². The Hall–Kier alpha value is -2.64. The van der Waals surface area contributed by atoms with Crippen LogP contribution in [-0.4, -0.2) is 48.6 Å². The molecule has 0 aliphatic carbocycles. The fourth-order valence-corrected chi connectivity index (χ4v) is 4.00. The number of benzene rings is 1. The largest absolute Gasteiger partial charge is 0.507 e. The van der Waals surface area contributed by atoms with Crippen LogP contribution in [0.4, 0.5) is 0 Å². The first-order chi connectivity index (χ1) is 13.6. The normalized spacial score (nSPS) is 18.6. The predicted octanol–water partition coefficient (Wildman–Crippen LogP) is 3.61. The van der Waals surface area contributed by atoms with Crippen LogP contribution in [0.1, 0.15) is 29.8 Å². The topological polar surface area (TPSA) is 76.1 Å². The first-order valence-electron chi connectivity index (χ1n) is 9.12. The molecule has 1 N–H and O–H groups in total. The highest BCUT2D eigenvalue weighted by molar-refractivity contribution is 7.10. The molecule has 1 saturated heterocycles. The van der Waals surface area contributed by atoms with E-state index in [-0.39, 0.29) is 17.9 Å². The molecule has 2 heterocycles. The highest BCUT2D eigenvalue weighted by Crippen LogP contribution is 2.41. The third kappa shape index (κ3) is 3.95. The fraction of sp³-hybridized carbons (Fsp3) is 0.333. The summed E-state index contributed by atoms with van der Waals surface area (Å²) in [6.07, 6.45) is 0.860. The summed E-state index contributed by atoms with van der Waals surface area (Å²) in [5.74, 6) is -0.909. The van der Waals surface area contributed by atoms with Crippen molar-refractivity contribution in [3.8, 4) is 5.75 Å². The van der Waals surface area contributed by atoms with Crippen LogP contribution in [0, 0.1) is 0 Å². The number of amides is 1. The van der Waals surface area contributed by atoms with Gasteiger partial charge < -0.3 is 19.5 Å². The number of hydrogen-bond donors (Lipinski definition) is 1. The lowest BCUT2D eigenvalue weighted by Crippen LogP contribution is -2.32. The second-order valence-corrected chi connectivity index (χ2v) is 7.36. The maximum absolute atomic E-state index is 12.8. The lowest BCUT2D eigenvalue weighted by Gasteiger charge is -2.23. The summed E-state index contributed by atoms with van der Waals surface area (Å²) in [6, 6.07) is 10.0. The SMILES string of the molecule is CCCOc1cccc(C(O)=C2C(=O)C(=O)N(CCOC)[C@@H]2c2cccs2)c1. The Kier molecular flexibility index (Phi) is 6.49. The second-order valence-electron chi connectivity index (χ2n) is 6.38. The highest BCUT2D eigenvalue weighted by atomic mass is 32.1. The molecule has 0 radical (unpaired) electrons. The van der Waals surface area contributed by atoms with Crippen LogP contribution in [0.2, 0.25) is 0 Å². The predicted molar refractivity (Wildman–Crippen MR) is 107 cm³/mol. The Morgan fingerprint density at radius 2 is 2.04 bits per heavy atom. The van der Waals surface area contributed by atoms with Gasteiger partial charge in [-0.1, -0.05) is 25.1 Å². The highest BCUT2D eigenvalue weighted by Gasteiger charge is 2.46. The van der Waals surface area contributed by atoms with Gasteiger partial charge in [-0.25, -0.2) is 0 Å². The standard InChI is InChI=1S/C21H23NO5S/c1-3-10-27-15-7-4-6-14(13-15)19(23)17-18(16-8-5-12-28-16)22(9-11-26-2)21(25)20(17)24/h4-8,12-13,18,23H,3,9-11H2,1-2H3/t18-/m1/s1. The molecule has 0 bridgehead atoms. The van der Waals surface area contributed by atoms with Crippen molar-refractivity contribution in [1.29, 1.82) is 0 Å². The van der Waals surface area contributed by atoms with Crippen molar-refractivity contribution in [3.05, 3.63) is 57.8 Å². The summed E-state index contributed by atoms with van der Waals surface area (Å²) >= 11 is 1.44. The van der Waals surface area contributed by atoms with Crippen LogP contribution in [0.3, 0.4) is 0 Å². The van der Waals surface area contributed by atoms with E-state index in [9.17, 15) is 14.7 Å². The van der Waals surface area contributed by atoms with Crippen LogP contribution < -0.4 is 4.74 Å². The number of aliphatic hydroxyl groups is 1. The molecular weight excluding hydrogens is 378 g/mol. The number of carbonyl (C=O) groups excluding carboxylic acids is 2. The Labute approximate surface area is 168 Å². The molecule has 2 aromatic rings. The summed E-state index contributed by atoms with van der Waals surface area (Å²) in [5, 5.41) is 12.8. The number of aliphatic hydroxyl groups excluding tert-OH is 1. The van der Waals surface area contributed by atoms with Gasteiger partial charge in [-0.15, -0.1) is 11.3 Å². The average Bonchev–Trinajstić information content (AvgIpc) is 3.32. The molecule has 1 aliphatic heterocycles. The minimum Gasteiger partial charge on any atom is -0.507 e. The minimum atomic E-state index is -0.688. The van der Waals surface area contributed by atoms with Crippen LogP contribution >= 0.6 is 11.3 Å². The molecule has 0 spiro atoms. The maximum atomic E-state index is 12.8. The quantitative estimate of drug-likeness (QED) is 0.415. The molecule has 28 heavy (non-hydrogen) atoms. The monoisotopic (exact) mass is 401 g/mol. The molecule has 1 amide bonds. The van der Waals surface area contributed by atoms with Crippen molar-refractivity contribution in [2.24, 2.45) is 0 Å². The van der Waals surface area contributed by atoms with Gasteiger partial charge in [-0.3, -0.25) is 9.59 Å². The second kappa shape index (κ2) is 9.03. The van der Waals surface area contributed by atoms with E-state index in [1.54, 1.807) is 31.4 Å². The van der Waals surface area contributed by atoms with Crippen molar-refractivity contribution in [3.63, 3.8) is 0 Å². The number of likely N-dealkylation sites (tertiary alicyclic amines) is 1. The maximum Gasteiger partial charge on any atom is 0.295 e. The number of thiophene rings is 1. The molecule has 7 heteroatoms. The molecule has 1 aromatic carbocycles. The first-order valence-corrected chi connectivity index (χ1v) is 10.0. The van der Waals surface area contributed by atoms with Crippen LogP contribution in [0.15, 0.2) is 47.4 Å². The van der Waals surface area contributed by atoms with Crippen molar-refractivity contribution in [2.75, 3.05) is 26.9 Å². The van der Waals surface area contributed by atoms with Crippen molar-refractivity contribution in [2.45, 2.75) is 19.4 Å². The summed E-state index contributed by atoms with van der Waals surface area (Å²) in [5.41, 5.74) is 0.538. The van der Waals surface area contributed by atoms with Crippen LogP contribution in [0.5, 0.6) is 5.75 Å². The van der Waals surface area contributed by atoms with Gasteiger partial charge in [0, 0.05) is 24.1 Å². The van der Waals surface area contributed by atoms with E-state index in [0.717, 1.165) is 11.3 Å². The summed E-state index contributed by atoms with van der Waals surface area (Å²) in [7, 11) is 1.54. The molecule has 6 nitrogen and oxygen atoms in total. The smallest absolute Gasteiger partial charge is 0.295 e. The molecule has 0 saturated carbocycles. The molecular formula is C21H23NO5S. The number of nitrogens with zero attached hydrogens (tertiary/aromatic N) is 1. The lowest BCUT2D eigenvalue weighted by molar-refractivity contribution is -0.140. The van der Waals surface area contributed by atoms with Gasteiger partial charge >= 0.3 is 0 Å². The fourth-order valence-electron chi connectivity index (χ4n) is 3.15. The van der Waals surface area contributed by atoms with E-state index >= 15 is 0 Å². The van der Waals surface area contributed by atoms with Crippen molar-refractivity contribution >= 4 is 28.8 Å². The lowest BCUT2D eigenvalue weighted by atomic mass is 10.00. The zero-order valence-electron chi connectivity index (χ0n) is 15.9. The number of rotatable bonds is 8. The summed E-state index contributed by atoms with van der Waals surface area (Å²) in [6.45, 7) is 3.13. The number of ether oxygens (including phenoxy) is 2. The van der Waals surface area contributed by atoms with Crippen LogP contribution in [-0.2, 0) is 14.3 Å². The molecule has 1 fully saturated rings. The molecule has 148 valence electrons. The number of carbonyl (C=O) groups is 2.